The van der Waals surface area contributed by atoms with Gasteiger partial charge in [0.05, 0.1) is 50.1 Å². The molecule has 2 rings (SSSR count). The molecule has 16 nitrogen and oxygen atoms in total. The number of carbonyl (C=O) groups is 8. The third kappa shape index (κ3) is 18.0. The summed E-state index contributed by atoms with van der Waals surface area (Å²) in [6, 6.07) is 0. The van der Waals surface area contributed by atoms with Crippen molar-refractivity contribution in [3.05, 3.63) is 0 Å². The maximum absolute atomic E-state index is 12.7. The van der Waals surface area contributed by atoms with Crippen LogP contribution in [-0.4, -0.2) is 151 Å². The maximum atomic E-state index is 12.7. The first kappa shape index (κ1) is 47.1. The van der Waals surface area contributed by atoms with Crippen LogP contribution in [0.3, 0.4) is 0 Å². The van der Waals surface area contributed by atoms with Crippen molar-refractivity contribution in [2.24, 2.45) is 5.41 Å². The van der Waals surface area contributed by atoms with Crippen LogP contribution in [0.4, 0.5) is 0 Å². The number of amides is 7. The quantitative estimate of drug-likeness (QED) is 0.0688. The monoisotopic (exact) mass is 801 g/mol. The Hall–Kier alpha value is -3.06. The zero-order valence-electron chi connectivity index (χ0n) is 32.2. The summed E-state index contributed by atoms with van der Waals surface area (Å²) in [6.07, 6.45) is 2.77. The first-order valence-electron chi connectivity index (χ1n) is 18.7. The van der Waals surface area contributed by atoms with E-state index in [2.05, 4.69) is 16.0 Å². The van der Waals surface area contributed by atoms with E-state index in [0.29, 0.717) is 18.7 Å². The number of Topliss-reactive ketones (excluding diaryl/α,β-unsaturated/α-hetero) is 1. The number of thioether (sulfide) groups is 2. The van der Waals surface area contributed by atoms with Gasteiger partial charge in [-0.1, -0.05) is 20.8 Å². The normalized spacial score (nSPS) is 18.3. The van der Waals surface area contributed by atoms with Crippen LogP contribution in [0.1, 0.15) is 79.1 Å². The van der Waals surface area contributed by atoms with Crippen molar-refractivity contribution in [3.8, 4) is 0 Å². The Morgan fingerprint density at radius 1 is 0.648 bits per heavy atom. The zero-order valence-corrected chi connectivity index (χ0v) is 33.8. The molecule has 2 aliphatic rings. The van der Waals surface area contributed by atoms with E-state index in [4.69, 9.17) is 14.2 Å². The summed E-state index contributed by atoms with van der Waals surface area (Å²) in [5.41, 5.74) is -0.654. The number of likely N-dealkylation sites (tertiary alicyclic amines) is 2. The fourth-order valence-electron chi connectivity index (χ4n) is 5.42. The van der Waals surface area contributed by atoms with Gasteiger partial charge in [0.25, 0.3) is 0 Å². The molecule has 0 bridgehead atoms. The molecular formula is C36H59N5O11S2. The Balaban J connectivity index is 1.67. The van der Waals surface area contributed by atoms with Crippen LogP contribution in [0.25, 0.3) is 0 Å². The number of rotatable bonds is 30. The lowest BCUT2D eigenvalue weighted by Gasteiger charge is -2.29. The summed E-state index contributed by atoms with van der Waals surface area (Å²) >= 11 is 2.82. The second kappa shape index (κ2) is 25.9. The first-order valence-corrected chi connectivity index (χ1v) is 20.8. The molecule has 0 aliphatic carbocycles. The molecule has 0 saturated carbocycles. The predicted molar refractivity (Wildman–Crippen MR) is 204 cm³/mol. The Kier molecular flexibility index (Phi) is 22.6. The number of ketones is 1. The van der Waals surface area contributed by atoms with Crippen LogP contribution in [0, 0.1) is 5.41 Å². The smallest absolute Gasteiger partial charge is 0.242 e. The van der Waals surface area contributed by atoms with Crippen LogP contribution < -0.4 is 16.0 Å². The van der Waals surface area contributed by atoms with Gasteiger partial charge in [0, 0.05) is 82.4 Å². The minimum absolute atomic E-state index is 0.00322. The molecule has 18 heteroatoms. The van der Waals surface area contributed by atoms with Crippen LogP contribution in [-0.2, 0) is 52.6 Å². The van der Waals surface area contributed by atoms with Gasteiger partial charge in [-0.15, -0.1) is 23.5 Å². The van der Waals surface area contributed by atoms with Crippen LogP contribution in [0.15, 0.2) is 0 Å². The molecule has 0 spiro atoms. The fraction of sp³-hybridized carbons (Fsp3) is 0.778. The van der Waals surface area contributed by atoms with E-state index in [9.17, 15) is 38.4 Å². The number of hydrogen-bond acceptors (Lipinski definition) is 13. The molecule has 0 radical (unpaired) electrons. The second-order valence-electron chi connectivity index (χ2n) is 13.6. The van der Waals surface area contributed by atoms with Gasteiger partial charge in [0.15, 0.2) is 0 Å². The number of nitrogens with zero attached hydrogens (tertiary/aromatic N) is 2. The van der Waals surface area contributed by atoms with Crippen molar-refractivity contribution in [2.45, 2.75) is 89.6 Å². The molecule has 3 atom stereocenters. The predicted octanol–water partition coefficient (Wildman–Crippen LogP) is 1.08. The molecule has 2 saturated heterocycles. The molecule has 2 fully saturated rings. The summed E-state index contributed by atoms with van der Waals surface area (Å²) in [6.45, 7) is 9.13. The minimum Gasteiger partial charge on any atom is -0.380 e. The average molecular weight is 802 g/mol. The molecule has 2 aliphatic heterocycles. The van der Waals surface area contributed by atoms with Crippen LogP contribution in [0.5, 0.6) is 0 Å². The van der Waals surface area contributed by atoms with Crippen molar-refractivity contribution < 1.29 is 52.6 Å². The topological polar surface area (TPSA) is 207 Å². The molecule has 0 aromatic heterocycles. The number of nitrogens with one attached hydrogen (secondary N) is 3. The molecule has 54 heavy (non-hydrogen) atoms. The lowest BCUT2D eigenvalue weighted by Crippen LogP contribution is -2.39. The van der Waals surface area contributed by atoms with E-state index in [0.717, 1.165) is 23.5 Å². The Morgan fingerprint density at radius 2 is 1.07 bits per heavy atom. The van der Waals surface area contributed by atoms with Crippen molar-refractivity contribution in [1.82, 2.24) is 25.8 Å². The number of carbonyl (C=O) groups excluding carboxylic acids is 8. The average Bonchev–Trinajstić information content (AvgIpc) is 3.55. The van der Waals surface area contributed by atoms with Gasteiger partial charge in [-0.2, -0.15) is 0 Å². The fourth-order valence-corrected chi connectivity index (χ4v) is 7.51. The van der Waals surface area contributed by atoms with Crippen molar-refractivity contribution in [1.29, 1.82) is 0 Å². The maximum Gasteiger partial charge on any atom is 0.242 e. The van der Waals surface area contributed by atoms with E-state index in [1.165, 1.54) is 35.3 Å². The first-order chi connectivity index (χ1) is 25.8. The lowest BCUT2D eigenvalue weighted by atomic mass is 9.94. The number of imide groups is 2. The van der Waals surface area contributed by atoms with Crippen LogP contribution in [0.2, 0.25) is 0 Å². The van der Waals surface area contributed by atoms with Gasteiger partial charge < -0.3 is 30.2 Å². The highest BCUT2D eigenvalue weighted by Crippen LogP contribution is 2.26. The second-order valence-corrected chi connectivity index (χ2v) is 16.2. The van der Waals surface area contributed by atoms with Crippen molar-refractivity contribution in [3.63, 3.8) is 0 Å². The Bertz CT molecular complexity index is 1290. The number of ether oxygens (including phenoxy) is 3. The van der Waals surface area contributed by atoms with Gasteiger partial charge in [-0.3, -0.25) is 48.2 Å². The lowest BCUT2D eigenvalue weighted by molar-refractivity contribution is -0.139. The van der Waals surface area contributed by atoms with Gasteiger partial charge in [-0.25, -0.2) is 0 Å². The highest BCUT2D eigenvalue weighted by atomic mass is 32.2. The molecular weight excluding hydrogens is 743 g/mol. The Morgan fingerprint density at radius 3 is 1.52 bits per heavy atom. The molecule has 0 aromatic carbocycles. The highest BCUT2D eigenvalue weighted by molar-refractivity contribution is 8.00. The van der Waals surface area contributed by atoms with Crippen molar-refractivity contribution in [2.75, 3.05) is 83.9 Å². The largest absolute Gasteiger partial charge is 0.380 e. The minimum atomic E-state index is -0.654. The van der Waals surface area contributed by atoms with Gasteiger partial charge in [0.2, 0.25) is 41.4 Å². The van der Waals surface area contributed by atoms with Crippen LogP contribution >= 0.6 is 23.5 Å². The highest BCUT2D eigenvalue weighted by Gasteiger charge is 2.39. The number of hydrogen-bond donors (Lipinski definition) is 3. The molecule has 306 valence electrons. The van der Waals surface area contributed by atoms with Gasteiger partial charge in [0.1, 0.15) is 5.78 Å². The van der Waals surface area contributed by atoms with Gasteiger partial charge in [-0.05, 0) is 25.5 Å². The standard InChI is InChI=1S/C36H59N5O11S2/c1-5-7-29(43)39-13-20-54-28-22-33(47)41(35(28)49)15-12-38-31(45)10-18-52-25-36(4,23-50-16-8-26(3)42)24-51-17-9-30(44)37-11-14-40-32(46)21-27(34(40)48)53-19-6-2/h27-28H,5-25H2,1-4H3,(H,37,44)(H,38,45)(H,39,43). The molecule has 2 heterocycles. The Labute approximate surface area is 327 Å². The molecule has 3 N–H and O–H groups in total. The van der Waals surface area contributed by atoms with E-state index >= 15 is 0 Å². The van der Waals surface area contributed by atoms with E-state index in [1.54, 1.807) is 0 Å². The van der Waals surface area contributed by atoms with E-state index < -0.39 is 10.7 Å². The summed E-state index contributed by atoms with van der Waals surface area (Å²) in [4.78, 5) is 100.0. The molecule has 7 amide bonds. The van der Waals surface area contributed by atoms with E-state index in [1.807, 2.05) is 20.8 Å². The summed E-state index contributed by atoms with van der Waals surface area (Å²) in [5.74, 6) is -0.318. The zero-order chi connectivity index (χ0) is 39.9. The third-order valence-corrected chi connectivity index (χ3v) is 11.0. The molecule has 3 unspecified atom stereocenters. The summed E-state index contributed by atoms with van der Waals surface area (Å²) in [7, 11) is 0. The van der Waals surface area contributed by atoms with Gasteiger partial charge >= 0.3 is 0 Å². The van der Waals surface area contributed by atoms with E-state index in [-0.39, 0.29) is 150 Å². The summed E-state index contributed by atoms with van der Waals surface area (Å²) in [5, 5.41) is 7.38. The van der Waals surface area contributed by atoms with Crippen molar-refractivity contribution >= 4 is 70.7 Å². The molecule has 0 aromatic rings. The summed E-state index contributed by atoms with van der Waals surface area (Å²) < 4.78 is 17.3. The third-order valence-electron chi connectivity index (χ3n) is 8.36. The SMILES string of the molecule is CCCSC1CC(=O)N(CCNC(=O)CCOCC(C)(COCCC(C)=O)COCCC(=O)NCCN2C(=O)CC(SCCNC(=O)CCC)C2=O)C1=O.